The van der Waals surface area contributed by atoms with E-state index >= 15 is 0 Å². The molecule has 7 heteroatoms. The van der Waals surface area contributed by atoms with Gasteiger partial charge in [-0.1, -0.05) is 31.0 Å². The zero-order valence-electron chi connectivity index (χ0n) is 16.0. The van der Waals surface area contributed by atoms with Gasteiger partial charge in [0.25, 0.3) is 5.91 Å². The highest BCUT2D eigenvalue weighted by Gasteiger charge is 2.36. The van der Waals surface area contributed by atoms with E-state index in [1.165, 1.54) is 17.7 Å². The van der Waals surface area contributed by atoms with Crippen molar-refractivity contribution < 1.29 is 19.1 Å². The third kappa shape index (κ3) is 5.04. The molecular weight excluding hydrogens is 376 g/mol. The van der Waals surface area contributed by atoms with E-state index in [1.54, 1.807) is 36.6 Å². The monoisotopic (exact) mass is 402 g/mol. The van der Waals surface area contributed by atoms with E-state index in [0.717, 1.165) is 12.8 Å². The first-order valence-corrected chi connectivity index (χ1v) is 10.3. The van der Waals surface area contributed by atoms with Crippen molar-refractivity contribution in [2.75, 3.05) is 26.8 Å². The molecular formula is C21H26N2O4S. The molecule has 0 bridgehead atoms. The summed E-state index contributed by atoms with van der Waals surface area (Å²) in [6.07, 6.45) is 4.55. The van der Waals surface area contributed by atoms with E-state index in [1.807, 2.05) is 6.07 Å². The zero-order valence-corrected chi connectivity index (χ0v) is 16.8. The van der Waals surface area contributed by atoms with Gasteiger partial charge in [0.15, 0.2) is 18.1 Å². The number of carbonyl (C=O) groups excluding carboxylic acids is 2. The minimum Gasteiger partial charge on any atom is -0.493 e. The van der Waals surface area contributed by atoms with Gasteiger partial charge in [0.05, 0.1) is 13.7 Å². The SMILES string of the molecule is COc1ccccc1OCC(=O)NCC(=O)NCC1(c2cccs2)CCCC1. The fourth-order valence-corrected chi connectivity index (χ4v) is 4.57. The largest absolute Gasteiger partial charge is 0.493 e. The lowest BCUT2D eigenvalue weighted by Crippen LogP contribution is -2.44. The van der Waals surface area contributed by atoms with Crippen LogP contribution < -0.4 is 20.1 Å². The van der Waals surface area contributed by atoms with Crippen molar-refractivity contribution in [2.45, 2.75) is 31.1 Å². The van der Waals surface area contributed by atoms with Gasteiger partial charge in [-0.25, -0.2) is 0 Å². The minimum atomic E-state index is -0.352. The molecule has 1 aliphatic rings. The van der Waals surface area contributed by atoms with Gasteiger partial charge in [-0.2, -0.15) is 0 Å². The summed E-state index contributed by atoms with van der Waals surface area (Å²) >= 11 is 1.75. The van der Waals surface area contributed by atoms with E-state index in [4.69, 9.17) is 9.47 Å². The number of amides is 2. The van der Waals surface area contributed by atoms with Gasteiger partial charge >= 0.3 is 0 Å². The Morgan fingerprint density at radius 3 is 2.46 bits per heavy atom. The van der Waals surface area contributed by atoms with Gasteiger partial charge in [0.2, 0.25) is 5.91 Å². The Bertz CT molecular complexity index is 785. The number of methoxy groups -OCH3 is 1. The Morgan fingerprint density at radius 2 is 1.79 bits per heavy atom. The van der Waals surface area contributed by atoms with Gasteiger partial charge in [-0.3, -0.25) is 9.59 Å². The Balaban J connectivity index is 1.42. The van der Waals surface area contributed by atoms with Crippen molar-refractivity contribution in [2.24, 2.45) is 0 Å². The van der Waals surface area contributed by atoms with Gasteiger partial charge in [-0.05, 0) is 36.4 Å². The van der Waals surface area contributed by atoms with E-state index in [-0.39, 0.29) is 30.4 Å². The third-order valence-corrected chi connectivity index (χ3v) is 6.22. The maximum absolute atomic E-state index is 12.2. The number of thiophene rings is 1. The van der Waals surface area contributed by atoms with Crippen molar-refractivity contribution in [3.05, 3.63) is 46.7 Å². The summed E-state index contributed by atoms with van der Waals surface area (Å²) in [4.78, 5) is 25.5. The number of rotatable bonds is 9. The van der Waals surface area contributed by atoms with Gasteiger partial charge in [0, 0.05) is 16.8 Å². The molecule has 1 aromatic carbocycles. The molecule has 1 saturated carbocycles. The highest BCUT2D eigenvalue weighted by molar-refractivity contribution is 7.10. The number of carbonyl (C=O) groups is 2. The average Bonchev–Trinajstić information content (AvgIpc) is 3.42. The summed E-state index contributed by atoms with van der Waals surface area (Å²) in [6, 6.07) is 11.3. The fourth-order valence-electron chi connectivity index (χ4n) is 3.58. The van der Waals surface area contributed by atoms with Gasteiger partial charge in [-0.15, -0.1) is 11.3 Å². The van der Waals surface area contributed by atoms with E-state index in [2.05, 4.69) is 28.1 Å². The topological polar surface area (TPSA) is 76.7 Å². The molecule has 0 unspecified atom stereocenters. The number of hydrogen-bond donors (Lipinski definition) is 2. The molecule has 1 aliphatic carbocycles. The summed E-state index contributed by atoms with van der Waals surface area (Å²) in [7, 11) is 1.54. The predicted octanol–water partition coefficient (Wildman–Crippen LogP) is 2.88. The predicted molar refractivity (Wildman–Crippen MR) is 109 cm³/mol. The minimum absolute atomic E-state index is 0.0425. The van der Waals surface area contributed by atoms with Crippen molar-refractivity contribution in [3.8, 4) is 11.5 Å². The van der Waals surface area contributed by atoms with Crippen LogP contribution >= 0.6 is 11.3 Å². The number of nitrogens with one attached hydrogen (secondary N) is 2. The summed E-state index contributed by atoms with van der Waals surface area (Å²) in [5, 5.41) is 7.67. The molecule has 0 atom stereocenters. The molecule has 2 aromatic rings. The standard InChI is InChI=1S/C21H26N2O4S/c1-26-16-7-2-3-8-17(16)27-14-20(25)22-13-19(24)23-15-21(10-4-5-11-21)18-9-6-12-28-18/h2-3,6-9,12H,4-5,10-11,13-15H2,1H3,(H,22,25)(H,23,24). The molecule has 0 spiro atoms. The first kappa shape index (κ1) is 20.2. The quantitative estimate of drug-likeness (QED) is 0.676. The second-order valence-electron chi connectivity index (χ2n) is 6.96. The molecule has 0 radical (unpaired) electrons. The highest BCUT2D eigenvalue weighted by Crippen LogP contribution is 2.42. The van der Waals surface area contributed by atoms with Gasteiger partial charge in [0.1, 0.15) is 0 Å². The molecule has 3 rings (SSSR count). The van der Waals surface area contributed by atoms with Gasteiger partial charge < -0.3 is 20.1 Å². The fraction of sp³-hybridized carbons (Fsp3) is 0.429. The number of benzene rings is 1. The lowest BCUT2D eigenvalue weighted by Gasteiger charge is -2.28. The lowest BCUT2D eigenvalue weighted by atomic mass is 9.84. The molecule has 1 heterocycles. The van der Waals surface area contributed by atoms with Crippen LogP contribution in [-0.4, -0.2) is 38.6 Å². The van der Waals surface area contributed by atoms with Crippen LogP contribution in [0.1, 0.15) is 30.6 Å². The number of para-hydroxylation sites is 2. The second kappa shape index (κ2) is 9.59. The van der Waals surface area contributed by atoms with Crippen molar-refractivity contribution in [1.82, 2.24) is 10.6 Å². The maximum Gasteiger partial charge on any atom is 0.258 e. The molecule has 150 valence electrons. The first-order chi connectivity index (χ1) is 13.6. The molecule has 1 fully saturated rings. The maximum atomic E-state index is 12.2. The van der Waals surface area contributed by atoms with Crippen molar-refractivity contribution >= 4 is 23.2 Å². The second-order valence-corrected chi connectivity index (χ2v) is 7.91. The van der Waals surface area contributed by atoms with Crippen LogP contribution in [0.25, 0.3) is 0 Å². The Morgan fingerprint density at radius 1 is 1.04 bits per heavy atom. The average molecular weight is 403 g/mol. The van der Waals surface area contributed by atoms with E-state index in [9.17, 15) is 9.59 Å². The van der Waals surface area contributed by atoms with E-state index < -0.39 is 0 Å². The molecule has 0 aliphatic heterocycles. The van der Waals surface area contributed by atoms with Crippen molar-refractivity contribution in [3.63, 3.8) is 0 Å². The molecule has 28 heavy (non-hydrogen) atoms. The van der Waals surface area contributed by atoms with Crippen LogP contribution in [0.2, 0.25) is 0 Å². The number of ether oxygens (including phenoxy) is 2. The summed E-state index contributed by atoms with van der Waals surface area (Å²) < 4.78 is 10.6. The Labute approximate surface area is 169 Å². The third-order valence-electron chi connectivity index (χ3n) is 5.10. The molecule has 0 saturated heterocycles. The van der Waals surface area contributed by atoms with Crippen LogP contribution in [-0.2, 0) is 15.0 Å². The van der Waals surface area contributed by atoms with Crippen LogP contribution in [0, 0.1) is 0 Å². The number of hydrogen-bond acceptors (Lipinski definition) is 5. The highest BCUT2D eigenvalue weighted by atomic mass is 32.1. The van der Waals surface area contributed by atoms with Crippen molar-refractivity contribution in [1.29, 1.82) is 0 Å². The molecule has 2 amide bonds. The molecule has 6 nitrogen and oxygen atoms in total. The lowest BCUT2D eigenvalue weighted by molar-refractivity contribution is -0.127. The van der Waals surface area contributed by atoms with Crippen LogP contribution in [0.4, 0.5) is 0 Å². The summed E-state index contributed by atoms with van der Waals surface area (Å²) in [6.45, 7) is 0.376. The first-order valence-electron chi connectivity index (χ1n) is 9.46. The Hall–Kier alpha value is -2.54. The van der Waals surface area contributed by atoms with Crippen LogP contribution in [0.5, 0.6) is 11.5 Å². The summed E-state index contributed by atoms with van der Waals surface area (Å²) in [5.74, 6) is 0.510. The molecule has 2 N–H and O–H groups in total. The normalized spacial score (nSPS) is 15.0. The van der Waals surface area contributed by atoms with Crippen LogP contribution in [0.15, 0.2) is 41.8 Å². The zero-order chi connectivity index (χ0) is 19.8. The van der Waals surface area contributed by atoms with Crippen LogP contribution in [0.3, 0.4) is 0 Å². The summed E-state index contributed by atoms with van der Waals surface area (Å²) in [5.41, 5.74) is 0.0425. The van der Waals surface area contributed by atoms with E-state index in [0.29, 0.717) is 18.0 Å². The smallest absolute Gasteiger partial charge is 0.258 e. The Kier molecular flexibility index (Phi) is 6.92. The molecule has 1 aromatic heterocycles.